The topological polar surface area (TPSA) is 9.23 Å². The Balaban J connectivity index is 2.55. The normalized spacial score (nSPS) is 20.8. The molecule has 0 saturated heterocycles. The Hall–Kier alpha value is -0.300. The van der Waals surface area contributed by atoms with Crippen molar-refractivity contribution in [3.63, 3.8) is 0 Å². The molecule has 0 N–H and O–H groups in total. The lowest BCUT2D eigenvalue weighted by atomic mass is 9.80. The number of hydrogen-bond donors (Lipinski definition) is 0. The quantitative estimate of drug-likeness (QED) is 0.587. The monoisotopic (exact) mass is 252 g/mol. The fourth-order valence-electron chi connectivity index (χ4n) is 2.96. The van der Waals surface area contributed by atoms with E-state index < -0.39 is 0 Å². The molecule has 0 heterocycles. The second-order valence-corrected chi connectivity index (χ2v) is 7.17. The van der Waals surface area contributed by atoms with Gasteiger partial charge in [-0.05, 0) is 52.4 Å². The summed E-state index contributed by atoms with van der Waals surface area (Å²) in [6.45, 7) is 11.0. The van der Waals surface area contributed by atoms with Gasteiger partial charge in [0.05, 0.1) is 11.2 Å². The minimum absolute atomic E-state index is 0.0148. The molecule has 0 spiro atoms. The van der Waals surface area contributed by atoms with Crippen molar-refractivity contribution >= 4 is 0 Å². The van der Waals surface area contributed by atoms with E-state index in [9.17, 15) is 0 Å². The van der Waals surface area contributed by atoms with Crippen LogP contribution in [0.15, 0.2) is 12.2 Å². The fraction of sp³-hybridized carbons (Fsp3) is 0.882. The van der Waals surface area contributed by atoms with Gasteiger partial charge in [0.25, 0.3) is 0 Å². The molecule has 1 rings (SSSR count). The van der Waals surface area contributed by atoms with Crippen molar-refractivity contribution in [3.8, 4) is 0 Å². The van der Waals surface area contributed by atoms with Crippen LogP contribution in [0.3, 0.4) is 0 Å². The zero-order valence-electron chi connectivity index (χ0n) is 13.1. The lowest BCUT2D eigenvalue weighted by Gasteiger charge is -2.42. The van der Waals surface area contributed by atoms with Gasteiger partial charge in [-0.15, -0.1) is 0 Å². The van der Waals surface area contributed by atoms with Crippen LogP contribution in [0.5, 0.6) is 0 Å². The van der Waals surface area contributed by atoms with E-state index in [4.69, 9.17) is 4.74 Å². The molecular formula is C17H32O. The molecule has 1 aliphatic carbocycles. The molecule has 1 nitrogen and oxygen atoms in total. The highest BCUT2D eigenvalue weighted by Crippen LogP contribution is 2.38. The van der Waals surface area contributed by atoms with Gasteiger partial charge < -0.3 is 4.74 Å². The first kappa shape index (κ1) is 15.8. The molecule has 1 aliphatic rings. The van der Waals surface area contributed by atoms with Crippen molar-refractivity contribution in [2.45, 2.75) is 90.8 Å². The first-order valence-electron chi connectivity index (χ1n) is 7.70. The minimum atomic E-state index is -0.0148. The van der Waals surface area contributed by atoms with Gasteiger partial charge in [0.2, 0.25) is 0 Å². The molecule has 0 bridgehead atoms. The van der Waals surface area contributed by atoms with E-state index in [0.717, 1.165) is 6.42 Å². The highest BCUT2D eigenvalue weighted by atomic mass is 16.5. The summed E-state index contributed by atoms with van der Waals surface area (Å²) in [6, 6.07) is 0. The van der Waals surface area contributed by atoms with Crippen molar-refractivity contribution < 1.29 is 4.74 Å². The SMILES string of the molecule is CC(C)C=CCCC1(OC(C)(C)C)CCCCC1. The lowest BCUT2D eigenvalue weighted by Crippen LogP contribution is -2.41. The minimum Gasteiger partial charge on any atom is -0.369 e. The van der Waals surface area contributed by atoms with E-state index in [1.807, 2.05) is 0 Å². The molecular weight excluding hydrogens is 220 g/mol. The number of allylic oxidation sites excluding steroid dienone is 2. The van der Waals surface area contributed by atoms with E-state index in [1.54, 1.807) is 0 Å². The van der Waals surface area contributed by atoms with Gasteiger partial charge in [0, 0.05) is 0 Å². The molecule has 1 fully saturated rings. The second kappa shape index (κ2) is 6.75. The van der Waals surface area contributed by atoms with Crippen LogP contribution in [0.25, 0.3) is 0 Å². The summed E-state index contributed by atoms with van der Waals surface area (Å²) in [5.41, 5.74) is 0.136. The van der Waals surface area contributed by atoms with Crippen LogP contribution in [0.1, 0.15) is 79.6 Å². The van der Waals surface area contributed by atoms with Crippen LogP contribution in [0, 0.1) is 5.92 Å². The number of ether oxygens (including phenoxy) is 1. The average molecular weight is 252 g/mol. The van der Waals surface area contributed by atoms with Crippen molar-refractivity contribution in [1.29, 1.82) is 0 Å². The summed E-state index contributed by atoms with van der Waals surface area (Å²) in [7, 11) is 0. The standard InChI is InChI=1S/C17H32O/c1-15(2)11-7-10-14-17(18-16(3,4)5)12-8-6-9-13-17/h7,11,15H,6,8-10,12-14H2,1-5H3. The largest absolute Gasteiger partial charge is 0.369 e. The van der Waals surface area contributed by atoms with Gasteiger partial charge >= 0.3 is 0 Å². The van der Waals surface area contributed by atoms with Crippen LogP contribution in [-0.4, -0.2) is 11.2 Å². The Labute approximate surface area is 114 Å². The van der Waals surface area contributed by atoms with Crippen LogP contribution < -0.4 is 0 Å². The summed E-state index contributed by atoms with van der Waals surface area (Å²) < 4.78 is 6.44. The van der Waals surface area contributed by atoms with Crippen molar-refractivity contribution in [2.75, 3.05) is 0 Å². The number of hydrogen-bond acceptors (Lipinski definition) is 1. The van der Waals surface area contributed by atoms with E-state index in [-0.39, 0.29) is 11.2 Å². The van der Waals surface area contributed by atoms with Crippen molar-refractivity contribution in [1.82, 2.24) is 0 Å². The van der Waals surface area contributed by atoms with Crippen molar-refractivity contribution in [2.24, 2.45) is 5.92 Å². The zero-order valence-corrected chi connectivity index (χ0v) is 13.1. The van der Waals surface area contributed by atoms with Crippen LogP contribution >= 0.6 is 0 Å². The molecule has 0 amide bonds. The summed E-state index contributed by atoms with van der Waals surface area (Å²) in [5, 5.41) is 0. The summed E-state index contributed by atoms with van der Waals surface area (Å²) in [5.74, 6) is 0.663. The predicted octanol–water partition coefficient (Wildman–Crippen LogP) is 5.50. The average Bonchev–Trinajstić information content (AvgIpc) is 2.23. The molecule has 0 radical (unpaired) electrons. The van der Waals surface area contributed by atoms with E-state index >= 15 is 0 Å². The third-order valence-electron chi connectivity index (χ3n) is 3.58. The molecule has 0 aromatic carbocycles. The Kier molecular flexibility index (Phi) is 5.91. The Morgan fingerprint density at radius 2 is 1.72 bits per heavy atom. The van der Waals surface area contributed by atoms with Gasteiger partial charge in [0.15, 0.2) is 0 Å². The van der Waals surface area contributed by atoms with Gasteiger partial charge in [-0.1, -0.05) is 45.3 Å². The smallest absolute Gasteiger partial charge is 0.0692 e. The molecule has 1 heteroatoms. The highest BCUT2D eigenvalue weighted by Gasteiger charge is 2.35. The third kappa shape index (κ3) is 6.04. The van der Waals surface area contributed by atoms with Crippen LogP contribution in [-0.2, 0) is 4.74 Å². The zero-order chi connectivity index (χ0) is 13.6. The van der Waals surface area contributed by atoms with Gasteiger partial charge in [-0.2, -0.15) is 0 Å². The Morgan fingerprint density at radius 3 is 2.22 bits per heavy atom. The van der Waals surface area contributed by atoms with Crippen LogP contribution in [0.4, 0.5) is 0 Å². The highest BCUT2D eigenvalue weighted by molar-refractivity contribution is 4.92. The molecule has 106 valence electrons. The summed E-state index contributed by atoms with van der Waals surface area (Å²) in [4.78, 5) is 0. The first-order valence-corrected chi connectivity index (χ1v) is 7.70. The maximum absolute atomic E-state index is 6.44. The molecule has 0 aromatic heterocycles. The van der Waals surface area contributed by atoms with Gasteiger partial charge in [0.1, 0.15) is 0 Å². The molecule has 0 aromatic rings. The molecule has 18 heavy (non-hydrogen) atoms. The molecule has 0 atom stereocenters. The predicted molar refractivity (Wildman–Crippen MR) is 79.9 cm³/mol. The Bertz CT molecular complexity index is 251. The molecule has 1 saturated carbocycles. The maximum Gasteiger partial charge on any atom is 0.0692 e. The van der Waals surface area contributed by atoms with Gasteiger partial charge in [-0.3, -0.25) is 0 Å². The van der Waals surface area contributed by atoms with E-state index in [0.29, 0.717) is 5.92 Å². The fourth-order valence-corrected chi connectivity index (χ4v) is 2.96. The molecule has 0 aliphatic heterocycles. The summed E-state index contributed by atoms with van der Waals surface area (Å²) in [6.07, 6.45) is 13.6. The second-order valence-electron chi connectivity index (χ2n) is 7.17. The maximum atomic E-state index is 6.44. The van der Waals surface area contributed by atoms with E-state index in [2.05, 4.69) is 46.8 Å². The van der Waals surface area contributed by atoms with Crippen molar-refractivity contribution in [3.05, 3.63) is 12.2 Å². The Morgan fingerprint density at radius 1 is 1.11 bits per heavy atom. The molecule has 0 unspecified atom stereocenters. The lowest BCUT2D eigenvalue weighted by molar-refractivity contribution is -0.151. The van der Waals surface area contributed by atoms with Crippen LogP contribution in [0.2, 0.25) is 0 Å². The third-order valence-corrected chi connectivity index (χ3v) is 3.58. The van der Waals surface area contributed by atoms with E-state index in [1.165, 1.54) is 38.5 Å². The van der Waals surface area contributed by atoms with Gasteiger partial charge in [-0.25, -0.2) is 0 Å². The first-order chi connectivity index (χ1) is 8.33. The summed E-state index contributed by atoms with van der Waals surface area (Å²) >= 11 is 0. The number of rotatable bonds is 5.